The van der Waals surface area contributed by atoms with Crippen LogP contribution >= 0.6 is 0 Å². The molecule has 0 radical (unpaired) electrons. The van der Waals surface area contributed by atoms with Crippen LogP contribution in [0.3, 0.4) is 0 Å². The molecule has 0 bridgehead atoms. The summed E-state index contributed by atoms with van der Waals surface area (Å²) < 4.78 is 0. The van der Waals surface area contributed by atoms with Gasteiger partial charge in [0.05, 0.1) is 6.54 Å². The molecule has 2 aromatic heterocycles. The molecule has 18 heavy (non-hydrogen) atoms. The zero-order chi connectivity index (χ0) is 13.1. The molecule has 0 saturated heterocycles. The highest BCUT2D eigenvalue weighted by atomic mass is 15.6. The summed E-state index contributed by atoms with van der Waals surface area (Å²) in [7, 11) is 0. The number of aryl methyl sites for hydroxylation is 1. The lowest BCUT2D eigenvalue weighted by atomic mass is 10.1. The van der Waals surface area contributed by atoms with Crippen molar-refractivity contribution < 1.29 is 0 Å². The number of rotatable bonds is 4. The molecule has 0 N–H and O–H groups in total. The number of hydrogen-bond donors (Lipinski definition) is 0. The summed E-state index contributed by atoms with van der Waals surface area (Å²) in [6.07, 6.45) is 3.71. The van der Waals surface area contributed by atoms with Crippen molar-refractivity contribution in [3.8, 4) is 0 Å². The predicted octanol–water partition coefficient (Wildman–Crippen LogP) is 1.70. The third-order valence-corrected chi connectivity index (χ3v) is 2.79. The van der Waals surface area contributed by atoms with Gasteiger partial charge in [0.25, 0.3) is 0 Å². The first kappa shape index (κ1) is 12.6. The summed E-state index contributed by atoms with van der Waals surface area (Å²) in [6.45, 7) is 8.78. The topological polar surface area (TPSA) is 69.4 Å². The molecule has 96 valence electrons. The maximum absolute atomic E-state index is 4.35. The Balaban J connectivity index is 2.06. The monoisotopic (exact) mass is 246 g/mol. The van der Waals surface area contributed by atoms with E-state index in [9.17, 15) is 0 Å². The largest absolute Gasteiger partial charge is 0.241 e. The van der Waals surface area contributed by atoms with Gasteiger partial charge in [-0.05, 0) is 17.7 Å². The molecule has 1 unspecified atom stereocenters. The Morgan fingerprint density at radius 2 is 1.83 bits per heavy atom. The highest BCUT2D eigenvalue weighted by Crippen LogP contribution is 2.15. The maximum atomic E-state index is 4.35. The minimum Gasteiger partial charge on any atom is -0.241 e. The Labute approximate surface area is 106 Å². The summed E-state index contributed by atoms with van der Waals surface area (Å²) >= 11 is 0. The number of hydrogen-bond acceptors (Lipinski definition) is 5. The van der Waals surface area contributed by atoms with Gasteiger partial charge < -0.3 is 0 Å². The van der Waals surface area contributed by atoms with Crippen molar-refractivity contribution in [2.24, 2.45) is 0 Å². The van der Waals surface area contributed by atoms with Gasteiger partial charge in [-0.3, -0.25) is 0 Å². The Bertz CT molecular complexity index is 502. The lowest BCUT2D eigenvalue weighted by Crippen LogP contribution is -2.10. The van der Waals surface area contributed by atoms with Crippen molar-refractivity contribution in [1.82, 2.24) is 30.2 Å². The minimum absolute atomic E-state index is 0.264. The van der Waals surface area contributed by atoms with Crippen molar-refractivity contribution in [3.05, 3.63) is 29.6 Å². The maximum Gasteiger partial charge on any atom is 0.177 e. The van der Waals surface area contributed by atoms with Gasteiger partial charge in [0.15, 0.2) is 5.82 Å². The quantitative estimate of drug-likeness (QED) is 0.821. The molecule has 2 aromatic rings. The van der Waals surface area contributed by atoms with Crippen LogP contribution in [0, 0.1) is 6.92 Å². The van der Waals surface area contributed by atoms with Crippen molar-refractivity contribution in [2.75, 3.05) is 0 Å². The van der Waals surface area contributed by atoms with Gasteiger partial charge in [-0.1, -0.05) is 20.8 Å². The highest BCUT2D eigenvalue weighted by Gasteiger charge is 2.11. The molecule has 2 rings (SSSR count). The SMILES string of the molecule is Cc1ncc(C(C)Cn2nnc(C(C)C)n2)cn1. The Kier molecular flexibility index (Phi) is 3.64. The van der Waals surface area contributed by atoms with E-state index in [1.165, 1.54) is 0 Å². The first-order valence-corrected chi connectivity index (χ1v) is 6.12. The van der Waals surface area contributed by atoms with Crippen LogP contribution in [0.15, 0.2) is 12.4 Å². The molecular weight excluding hydrogens is 228 g/mol. The zero-order valence-electron chi connectivity index (χ0n) is 11.2. The molecule has 0 aliphatic heterocycles. The second-order valence-corrected chi connectivity index (χ2v) is 4.82. The van der Waals surface area contributed by atoms with Crippen LogP contribution in [0.1, 0.15) is 49.8 Å². The summed E-state index contributed by atoms with van der Waals surface area (Å²) in [6, 6.07) is 0. The molecule has 0 saturated carbocycles. The molecule has 0 aliphatic carbocycles. The van der Waals surface area contributed by atoms with E-state index in [-0.39, 0.29) is 5.92 Å². The second kappa shape index (κ2) is 5.20. The molecule has 0 aromatic carbocycles. The molecule has 0 spiro atoms. The van der Waals surface area contributed by atoms with E-state index in [1.807, 2.05) is 19.3 Å². The summed E-state index contributed by atoms with van der Waals surface area (Å²) in [4.78, 5) is 10.0. The molecule has 0 amide bonds. The Morgan fingerprint density at radius 3 is 2.39 bits per heavy atom. The van der Waals surface area contributed by atoms with E-state index in [4.69, 9.17) is 0 Å². The first-order valence-electron chi connectivity index (χ1n) is 6.12. The van der Waals surface area contributed by atoms with Crippen LogP contribution in [-0.2, 0) is 6.54 Å². The van der Waals surface area contributed by atoms with Gasteiger partial charge in [-0.2, -0.15) is 4.80 Å². The minimum atomic E-state index is 0.264. The van der Waals surface area contributed by atoms with Crippen molar-refractivity contribution in [1.29, 1.82) is 0 Å². The molecule has 6 nitrogen and oxygen atoms in total. The normalized spacial score (nSPS) is 12.9. The third kappa shape index (κ3) is 2.88. The fourth-order valence-corrected chi connectivity index (χ4v) is 1.57. The summed E-state index contributed by atoms with van der Waals surface area (Å²) in [5.41, 5.74) is 1.09. The van der Waals surface area contributed by atoms with Crippen LogP contribution < -0.4 is 0 Å². The van der Waals surface area contributed by atoms with E-state index in [2.05, 4.69) is 46.1 Å². The van der Waals surface area contributed by atoms with Crippen LogP contribution in [-0.4, -0.2) is 30.2 Å². The van der Waals surface area contributed by atoms with Crippen molar-refractivity contribution in [3.63, 3.8) is 0 Å². The van der Waals surface area contributed by atoms with Crippen LogP contribution in [0.4, 0.5) is 0 Å². The van der Waals surface area contributed by atoms with Gasteiger partial charge in [0, 0.05) is 24.2 Å². The average Bonchev–Trinajstić information content (AvgIpc) is 2.78. The molecular formula is C12H18N6. The molecule has 2 heterocycles. The Morgan fingerprint density at radius 1 is 1.17 bits per heavy atom. The fourth-order valence-electron chi connectivity index (χ4n) is 1.57. The van der Waals surface area contributed by atoms with E-state index in [0.717, 1.165) is 17.2 Å². The molecule has 6 heteroatoms. The lowest BCUT2D eigenvalue weighted by molar-refractivity contribution is 0.470. The highest BCUT2D eigenvalue weighted by molar-refractivity contribution is 5.10. The first-order chi connectivity index (χ1) is 8.56. The summed E-state index contributed by atoms with van der Waals surface area (Å²) in [5.74, 6) is 2.13. The summed E-state index contributed by atoms with van der Waals surface area (Å²) in [5, 5.41) is 12.4. The zero-order valence-corrected chi connectivity index (χ0v) is 11.2. The average molecular weight is 246 g/mol. The van der Waals surface area contributed by atoms with Crippen molar-refractivity contribution in [2.45, 2.75) is 46.1 Å². The third-order valence-electron chi connectivity index (χ3n) is 2.79. The molecule has 0 aliphatic rings. The van der Waals surface area contributed by atoms with E-state index < -0.39 is 0 Å². The smallest absolute Gasteiger partial charge is 0.177 e. The Hall–Kier alpha value is -1.85. The number of tetrazole rings is 1. The van der Waals surface area contributed by atoms with Crippen molar-refractivity contribution >= 4 is 0 Å². The second-order valence-electron chi connectivity index (χ2n) is 4.82. The number of nitrogens with zero attached hydrogens (tertiary/aromatic N) is 6. The van der Waals surface area contributed by atoms with Crippen LogP contribution in [0.5, 0.6) is 0 Å². The fraction of sp³-hybridized carbons (Fsp3) is 0.583. The standard InChI is InChI=1S/C12H18N6/c1-8(2)12-15-17-18(16-12)7-9(3)11-5-13-10(4)14-6-11/h5-6,8-9H,7H2,1-4H3. The van der Waals surface area contributed by atoms with Gasteiger partial charge >= 0.3 is 0 Å². The lowest BCUT2D eigenvalue weighted by Gasteiger charge is -2.09. The number of aromatic nitrogens is 6. The van der Waals surface area contributed by atoms with Crippen LogP contribution in [0.2, 0.25) is 0 Å². The van der Waals surface area contributed by atoms with Gasteiger partial charge in [-0.15, -0.1) is 10.2 Å². The van der Waals surface area contributed by atoms with Crippen LogP contribution in [0.25, 0.3) is 0 Å². The van der Waals surface area contributed by atoms with Gasteiger partial charge in [-0.25, -0.2) is 9.97 Å². The van der Waals surface area contributed by atoms with Gasteiger partial charge in [0.2, 0.25) is 0 Å². The van der Waals surface area contributed by atoms with E-state index in [1.54, 1.807) is 4.80 Å². The van der Waals surface area contributed by atoms with E-state index >= 15 is 0 Å². The molecule has 1 atom stereocenters. The molecule has 0 fully saturated rings. The van der Waals surface area contributed by atoms with E-state index in [0.29, 0.717) is 12.5 Å². The predicted molar refractivity (Wildman–Crippen MR) is 67.1 cm³/mol. The van der Waals surface area contributed by atoms with Gasteiger partial charge in [0.1, 0.15) is 5.82 Å².